The Labute approximate surface area is 108 Å². The molecule has 2 N–H and O–H groups in total. The molecule has 1 aliphatic rings. The summed E-state index contributed by atoms with van der Waals surface area (Å²) in [4.78, 5) is 11.7. The van der Waals surface area contributed by atoms with Gasteiger partial charge in [-0.15, -0.1) is 0 Å². The van der Waals surface area contributed by atoms with E-state index in [1.807, 2.05) is 6.92 Å². The molecule has 0 saturated heterocycles. The fourth-order valence-corrected chi connectivity index (χ4v) is 2.12. The van der Waals surface area contributed by atoms with Crippen molar-refractivity contribution in [3.63, 3.8) is 0 Å². The second kappa shape index (κ2) is 5.04. The lowest BCUT2D eigenvalue weighted by atomic mass is 10.2. The number of nitrogens with one attached hydrogen (secondary N) is 2. The molecule has 0 radical (unpaired) electrons. The fourth-order valence-electron chi connectivity index (χ4n) is 1.67. The first-order valence-electron chi connectivity index (χ1n) is 5.59. The fraction of sp³-hybridized carbons (Fsp3) is 0.417. The monoisotopic (exact) mass is 300 g/mol. The molecule has 92 valence electrons. The van der Waals surface area contributed by atoms with E-state index >= 15 is 0 Å². The summed E-state index contributed by atoms with van der Waals surface area (Å²) in [5.74, 6) is 0.270. The highest BCUT2D eigenvalue weighted by atomic mass is 79.9. The normalized spacial score (nSPS) is 16.4. The Morgan fingerprint density at radius 1 is 1.53 bits per heavy atom. The Morgan fingerprint density at radius 2 is 2.24 bits per heavy atom. The molecule has 2 amide bonds. The van der Waals surface area contributed by atoms with Crippen LogP contribution in [-0.4, -0.2) is 12.1 Å². The zero-order valence-corrected chi connectivity index (χ0v) is 11.1. The summed E-state index contributed by atoms with van der Waals surface area (Å²) >= 11 is 3.20. The van der Waals surface area contributed by atoms with E-state index in [-0.39, 0.29) is 17.9 Å². The van der Waals surface area contributed by atoms with E-state index in [9.17, 15) is 9.18 Å². The van der Waals surface area contributed by atoms with Crippen molar-refractivity contribution in [1.82, 2.24) is 5.32 Å². The SMILES string of the molecule is CC(NC(=O)Nc1ccc(F)cc1Br)C1CC1. The van der Waals surface area contributed by atoms with Crippen LogP contribution >= 0.6 is 15.9 Å². The number of hydrogen-bond acceptors (Lipinski definition) is 1. The van der Waals surface area contributed by atoms with Crippen LogP contribution in [0.15, 0.2) is 22.7 Å². The van der Waals surface area contributed by atoms with Crippen LogP contribution in [0.1, 0.15) is 19.8 Å². The summed E-state index contributed by atoms with van der Waals surface area (Å²) in [5, 5.41) is 5.55. The van der Waals surface area contributed by atoms with Gasteiger partial charge < -0.3 is 10.6 Å². The molecule has 1 atom stereocenters. The number of anilines is 1. The van der Waals surface area contributed by atoms with Gasteiger partial charge in [-0.3, -0.25) is 0 Å². The maximum Gasteiger partial charge on any atom is 0.319 e. The number of carbonyl (C=O) groups excluding carboxylic acids is 1. The van der Waals surface area contributed by atoms with Gasteiger partial charge in [-0.2, -0.15) is 0 Å². The van der Waals surface area contributed by atoms with Crippen molar-refractivity contribution in [2.24, 2.45) is 5.92 Å². The first-order valence-corrected chi connectivity index (χ1v) is 6.38. The standard InChI is InChI=1S/C12H14BrFN2O/c1-7(8-2-3-8)15-12(17)16-11-5-4-9(14)6-10(11)13/h4-8H,2-3H2,1H3,(H2,15,16,17). The lowest BCUT2D eigenvalue weighted by Gasteiger charge is -2.14. The smallest absolute Gasteiger partial charge is 0.319 e. The second-order valence-electron chi connectivity index (χ2n) is 4.35. The number of hydrogen-bond donors (Lipinski definition) is 2. The van der Waals surface area contributed by atoms with Crippen molar-refractivity contribution in [2.75, 3.05) is 5.32 Å². The van der Waals surface area contributed by atoms with Gasteiger partial charge in [-0.25, -0.2) is 9.18 Å². The molecule has 1 aromatic carbocycles. The van der Waals surface area contributed by atoms with Gasteiger partial charge in [0, 0.05) is 10.5 Å². The number of rotatable bonds is 3. The molecule has 5 heteroatoms. The van der Waals surface area contributed by atoms with Crippen LogP contribution in [0.25, 0.3) is 0 Å². The first-order chi connectivity index (χ1) is 8.06. The Bertz CT molecular complexity index is 435. The summed E-state index contributed by atoms with van der Waals surface area (Å²) in [6, 6.07) is 4.09. The number of halogens is 2. The van der Waals surface area contributed by atoms with Crippen LogP contribution in [0, 0.1) is 11.7 Å². The topological polar surface area (TPSA) is 41.1 Å². The molecule has 1 aliphatic carbocycles. The molecule has 1 saturated carbocycles. The molecular weight excluding hydrogens is 287 g/mol. The highest BCUT2D eigenvalue weighted by molar-refractivity contribution is 9.10. The van der Waals surface area contributed by atoms with E-state index < -0.39 is 0 Å². The van der Waals surface area contributed by atoms with Crippen molar-refractivity contribution in [2.45, 2.75) is 25.8 Å². The van der Waals surface area contributed by atoms with Crippen molar-refractivity contribution in [3.8, 4) is 0 Å². The Kier molecular flexibility index (Phi) is 3.66. The van der Waals surface area contributed by atoms with Crippen LogP contribution in [0.3, 0.4) is 0 Å². The van der Waals surface area contributed by atoms with E-state index in [4.69, 9.17) is 0 Å². The molecule has 17 heavy (non-hydrogen) atoms. The lowest BCUT2D eigenvalue weighted by molar-refractivity contribution is 0.248. The molecular formula is C12H14BrFN2O. The lowest BCUT2D eigenvalue weighted by Crippen LogP contribution is -2.37. The number of benzene rings is 1. The predicted octanol–water partition coefficient (Wildman–Crippen LogP) is 3.51. The highest BCUT2D eigenvalue weighted by Crippen LogP contribution is 2.32. The van der Waals surface area contributed by atoms with E-state index in [1.54, 1.807) is 0 Å². The predicted molar refractivity (Wildman–Crippen MR) is 68.4 cm³/mol. The third-order valence-electron chi connectivity index (χ3n) is 2.87. The van der Waals surface area contributed by atoms with E-state index in [0.29, 0.717) is 16.1 Å². The quantitative estimate of drug-likeness (QED) is 0.881. The largest absolute Gasteiger partial charge is 0.335 e. The molecule has 3 nitrogen and oxygen atoms in total. The zero-order chi connectivity index (χ0) is 12.4. The molecule has 0 bridgehead atoms. The van der Waals surface area contributed by atoms with Gasteiger partial charge in [0.1, 0.15) is 5.82 Å². The Hall–Kier alpha value is -1.10. The van der Waals surface area contributed by atoms with E-state index in [1.165, 1.54) is 31.0 Å². The van der Waals surface area contributed by atoms with Crippen LogP contribution in [0.5, 0.6) is 0 Å². The Balaban J connectivity index is 1.92. The van der Waals surface area contributed by atoms with Gasteiger partial charge in [0.2, 0.25) is 0 Å². The van der Waals surface area contributed by atoms with Crippen molar-refractivity contribution in [1.29, 1.82) is 0 Å². The second-order valence-corrected chi connectivity index (χ2v) is 5.20. The maximum absolute atomic E-state index is 12.9. The minimum Gasteiger partial charge on any atom is -0.335 e. The number of urea groups is 1. The van der Waals surface area contributed by atoms with Gasteiger partial charge >= 0.3 is 6.03 Å². The van der Waals surface area contributed by atoms with Gasteiger partial charge in [-0.05, 0) is 59.8 Å². The van der Waals surface area contributed by atoms with Gasteiger partial charge in [0.15, 0.2) is 0 Å². The molecule has 2 rings (SSSR count). The molecule has 0 spiro atoms. The van der Waals surface area contributed by atoms with E-state index in [2.05, 4.69) is 26.6 Å². The van der Waals surface area contributed by atoms with Gasteiger partial charge in [-0.1, -0.05) is 0 Å². The van der Waals surface area contributed by atoms with Crippen LogP contribution in [0.2, 0.25) is 0 Å². The van der Waals surface area contributed by atoms with Crippen LogP contribution in [-0.2, 0) is 0 Å². The molecule has 0 aromatic heterocycles. The minimum atomic E-state index is -0.339. The molecule has 1 fully saturated rings. The van der Waals surface area contributed by atoms with Gasteiger partial charge in [0.05, 0.1) is 5.69 Å². The summed E-state index contributed by atoms with van der Waals surface area (Å²) in [7, 11) is 0. The molecule has 1 unspecified atom stereocenters. The summed E-state index contributed by atoms with van der Waals surface area (Å²) < 4.78 is 13.4. The number of carbonyl (C=O) groups is 1. The van der Waals surface area contributed by atoms with Crippen molar-refractivity contribution in [3.05, 3.63) is 28.5 Å². The van der Waals surface area contributed by atoms with Crippen LogP contribution < -0.4 is 10.6 Å². The first kappa shape index (κ1) is 12.4. The average molecular weight is 301 g/mol. The molecule has 0 heterocycles. The minimum absolute atomic E-state index is 0.189. The summed E-state index contributed by atoms with van der Waals surface area (Å²) in [5.41, 5.74) is 0.562. The Morgan fingerprint density at radius 3 is 2.82 bits per heavy atom. The molecule has 1 aromatic rings. The molecule has 0 aliphatic heterocycles. The van der Waals surface area contributed by atoms with Crippen molar-refractivity contribution < 1.29 is 9.18 Å². The maximum atomic E-state index is 12.9. The summed E-state index contributed by atoms with van der Waals surface area (Å²) in [6.45, 7) is 2.00. The average Bonchev–Trinajstić information content (AvgIpc) is 3.05. The van der Waals surface area contributed by atoms with E-state index in [0.717, 1.165) is 0 Å². The zero-order valence-electron chi connectivity index (χ0n) is 9.47. The van der Waals surface area contributed by atoms with Crippen LogP contribution in [0.4, 0.5) is 14.9 Å². The summed E-state index contributed by atoms with van der Waals surface area (Å²) in [6.07, 6.45) is 2.36. The highest BCUT2D eigenvalue weighted by Gasteiger charge is 2.28. The number of amides is 2. The van der Waals surface area contributed by atoms with Crippen molar-refractivity contribution >= 4 is 27.6 Å². The third kappa shape index (κ3) is 3.43. The van der Waals surface area contributed by atoms with Gasteiger partial charge in [0.25, 0.3) is 0 Å². The third-order valence-corrected chi connectivity index (χ3v) is 3.52.